The van der Waals surface area contributed by atoms with Gasteiger partial charge in [0.1, 0.15) is 23.0 Å². The first kappa shape index (κ1) is 22.3. The Kier molecular flexibility index (Phi) is 6.24. The number of benzene rings is 2. The molecule has 2 aromatic carbocycles. The van der Waals surface area contributed by atoms with Gasteiger partial charge in [-0.1, -0.05) is 40.9 Å². The van der Waals surface area contributed by atoms with Crippen LogP contribution in [0.4, 0.5) is 5.69 Å². The van der Waals surface area contributed by atoms with Crippen LogP contribution in [0.5, 0.6) is 5.75 Å². The average Bonchev–Trinajstić information content (AvgIpc) is 3.07. The third kappa shape index (κ3) is 4.50. The fraction of sp³-hybridized carbons (Fsp3) is 0.174. The lowest BCUT2D eigenvalue weighted by molar-refractivity contribution is 0.103. The van der Waals surface area contributed by atoms with Gasteiger partial charge in [0.15, 0.2) is 0 Å². The van der Waals surface area contributed by atoms with E-state index in [2.05, 4.69) is 15.3 Å². The van der Waals surface area contributed by atoms with E-state index in [1.807, 2.05) is 32.0 Å². The Morgan fingerprint density at radius 1 is 1.16 bits per heavy atom. The first-order valence-corrected chi connectivity index (χ1v) is 11.3. The molecule has 0 aliphatic heterocycles. The van der Waals surface area contributed by atoms with E-state index in [9.17, 15) is 9.59 Å². The van der Waals surface area contributed by atoms with Crippen molar-refractivity contribution in [2.45, 2.75) is 27.4 Å². The summed E-state index contributed by atoms with van der Waals surface area (Å²) in [6.45, 7) is 5.67. The molecule has 0 aliphatic carbocycles. The first-order chi connectivity index (χ1) is 15.2. The number of carbonyl (C=O) groups excluding carboxylic acids is 1. The van der Waals surface area contributed by atoms with E-state index in [4.69, 9.17) is 27.9 Å². The maximum absolute atomic E-state index is 12.9. The Morgan fingerprint density at radius 3 is 2.69 bits per heavy atom. The Balaban J connectivity index is 1.61. The quantitative estimate of drug-likeness (QED) is 0.358. The van der Waals surface area contributed by atoms with Gasteiger partial charge in [-0.2, -0.15) is 0 Å². The van der Waals surface area contributed by atoms with Gasteiger partial charge in [0.2, 0.25) is 0 Å². The maximum Gasteiger partial charge on any atom is 0.266 e. The lowest BCUT2D eigenvalue weighted by atomic mass is 10.1. The molecule has 2 heterocycles. The monoisotopic (exact) mass is 487 g/mol. The van der Waals surface area contributed by atoms with E-state index < -0.39 is 0 Å². The summed E-state index contributed by atoms with van der Waals surface area (Å²) in [6.07, 6.45) is 0. The zero-order chi connectivity index (χ0) is 23.0. The Morgan fingerprint density at radius 2 is 1.94 bits per heavy atom. The molecule has 2 N–H and O–H groups in total. The number of aromatic nitrogens is 2. The molecular weight excluding hydrogens is 469 g/mol. The molecule has 0 aliphatic rings. The summed E-state index contributed by atoms with van der Waals surface area (Å²) in [5.74, 6) is 0.430. The molecule has 0 unspecified atom stereocenters. The number of halogens is 2. The summed E-state index contributed by atoms with van der Waals surface area (Å²) in [6, 6.07) is 10.7. The fourth-order valence-electron chi connectivity index (χ4n) is 3.34. The van der Waals surface area contributed by atoms with Crippen LogP contribution in [0.25, 0.3) is 10.2 Å². The summed E-state index contributed by atoms with van der Waals surface area (Å²) in [4.78, 5) is 33.8. The van der Waals surface area contributed by atoms with E-state index in [-0.39, 0.29) is 18.1 Å². The number of thiophene rings is 1. The number of nitrogens with one attached hydrogen (secondary N) is 2. The van der Waals surface area contributed by atoms with Gasteiger partial charge >= 0.3 is 0 Å². The van der Waals surface area contributed by atoms with Crippen LogP contribution in [0.1, 0.15) is 32.2 Å². The number of aryl methyl sites for hydroxylation is 3. The molecule has 1 amide bonds. The van der Waals surface area contributed by atoms with Crippen LogP contribution < -0.4 is 15.6 Å². The zero-order valence-corrected chi connectivity index (χ0v) is 19.8. The van der Waals surface area contributed by atoms with Crippen LogP contribution in [0.2, 0.25) is 10.0 Å². The number of ether oxygens (including phenoxy) is 1. The van der Waals surface area contributed by atoms with Crippen molar-refractivity contribution in [1.82, 2.24) is 9.97 Å². The number of carbonyl (C=O) groups is 1. The van der Waals surface area contributed by atoms with Crippen molar-refractivity contribution in [2.24, 2.45) is 0 Å². The van der Waals surface area contributed by atoms with E-state index >= 15 is 0 Å². The molecule has 0 spiro atoms. The van der Waals surface area contributed by atoms with Crippen molar-refractivity contribution in [3.8, 4) is 5.75 Å². The lowest BCUT2D eigenvalue weighted by Gasteiger charge is -2.08. The molecule has 4 aromatic rings. The second kappa shape index (κ2) is 8.94. The molecule has 32 heavy (non-hydrogen) atoms. The molecule has 0 radical (unpaired) electrons. The topological polar surface area (TPSA) is 84.1 Å². The zero-order valence-electron chi connectivity index (χ0n) is 17.5. The number of amides is 1. The summed E-state index contributed by atoms with van der Waals surface area (Å²) in [5.41, 5.74) is 3.07. The van der Waals surface area contributed by atoms with E-state index in [1.165, 1.54) is 11.3 Å². The fourth-order valence-corrected chi connectivity index (χ4v) is 4.77. The van der Waals surface area contributed by atoms with Crippen LogP contribution in [0, 0.1) is 20.8 Å². The highest BCUT2D eigenvalue weighted by Gasteiger charge is 2.20. The van der Waals surface area contributed by atoms with Gasteiger partial charge in [-0.15, -0.1) is 11.3 Å². The molecule has 2 aromatic heterocycles. The number of rotatable bonds is 5. The van der Waals surface area contributed by atoms with Crippen molar-refractivity contribution >= 4 is 56.3 Å². The van der Waals surface area contributed by atoms with E-state index in [0.29, 0.717) is 42.3 Å². The van der Waals surface area contributed by atoms with Gasteiger partial charge in [0, 0.05) is 16.8 Å². The molecule has 164 valence electrons. The summed E-state index contributed by atoms with van der Waals surface area (Å²) in [5, 5.41) is 4.20. The van der Waals surface area contributed by atoms with Gasteiger partial charge in [0.05, 0.1) is 15.3 Å². The highest BCUT2D eigenvalue weighted by molar-refractivity contribution is 7.20. The molecule has 0 bridgehead atoms. The smallest absolute Gasteiger partial charge is 0.266 e. The van der Waals surface area contributed by atoms with Crippen LogP contribution in [-0.2, 0) is 6.61 Å². The minimum Gasteiger partial charge on any atom is -0.484 e. The molecular formula is C23H19Cl2N3O3S. The van der Waals surface area contributed by atoms with Crippen LogP contribution >= 0.6 is 34.5 Å². The van der Waals surface area contributed by atoms with Gasteiger partial charge in [-0.05, 0) is 50.1 Å². The summed E-state index contributed by atoms with van der Waals surface area (Å²) < 4.78 is 5.67. The second-order valence-corrected chi connectivity index (χ2v) is 9.23. The first-order valence-electron chi connectivity index (χ1n) is 9.71. The van der Waals surface area contributed by atoms with E-state index in [0.717, 1.165) is 16.8 Å². The number of anilines is 1. The minimum atomic E-state index is -0.329. The summed E-state index contributed by atoms with van der Waals surface area (Å²) in [7, 11) is 0. The van der Waals surface area contributed by atoms with Crippen molar-refractivity contribution in [3.05, 3.63) is 84.2 Å². The number of aromatic amines is 1. The number of hydrogen-bond acceptors (Lipinski definition) is 5. The number of hydrogen-bond donors (Lipinski definition) is 2. The molecule has 0 saturated carbocycles. The molecule has 4 rings (SSSR count). The Labute approximate surface area is 198 Å². The predicted molar refractivity (Wildman–Crippen MR) is 130 cm³/mol. The highest BCUT2D eigenvalue weighted by Crippen LogP contribution is 2.30. The molecule has 0 saturated heterocycles. The number of nitrogens with zero attached hydrogens (tertiary/aromatic N) is 1. The van der Waals surface area contributed by atoms with E-state index in [1.54, 1.807) is 25.1 Å². The SMILES string of the molecule is Cc1ccc(NC(=O)c2sc3nc(COc4cc(Cl)ccc4Cl)[nH]c(=O)c3c2C)c(C)c1. The average molecular weight is 488 g/mol. The number of fused-ring (bicyclic) bond motifs is 1. The van der Waals surface area contributed by atoms with Gasteiger partial charge < -0.3 is 15.0 Å². The molecule has 6 nitrogen and oxygen atoms in total. The van der Waals surface area contributed by atoms with Gasteiger partial charge in [-0.25, -0.2) is 4.98 Å². The van der Waals surface area contributed by atoms with Crippen LogP contribution in [-0.4, -0.2) is 15.9 Å². The van der Waals surface area contributed by atoms with Crippen LogP contribution in [0.3, 0.4) is 0 Å². The molecule has 0 fully saturated rings. The van der Waals surface area contributed by atoms with Crippen molar-refractivity contribution in [1.29, 1.82) is 0 Å². The normalized spacial score (nSPS) is 11.0. The van der Waals surface area contributed by atoms with Crippen molar-refractivity contribution in [3.63, 3.8) is 0 Å². The van der Waals surface area contributed by atoms with Gasteiger partial charge in [-0.3, -0.25) is 9.59 Å². The van der Waals surface area contributed by atoms with Crippen molar-refractivity contribution < 1.29 is 9.53 Å². The standard InChI is InChI=1S/C23H19Cl2N3O3S/c1-11-4-7-16(12(2)8-11)26-22(30)20-13(3)19-21(29)27-18(28-23(19)32-20)10-31-17-9-14(24)5-6-15(17)25/h4-9H,10H2,1-3H3,(H,26,30)(H,27,28,29). The minimum absolute atomic E-state index is 0.00766. The maximum atomic E-state index is 12.9. The van der Waals surface area contributed by atoms with Gasteiger partial charge in [0.25, 0.3) is 11.5 Å². The third-order valence-electron chi connectivity index (χ3n) is 4.94. The van der Waals surface area contributed by atoms with Crippen LogP contribution in [0.15, 0.2) is 41.2 Å². The lowest BCUT2D eigenvalue weighted by Crippen LogP contribution is -2.14. The third-order valence-corrected chi connectivity index (χ3v) is 6.68. The largest absolute Gasteiger partial charge is 0.484 e. The number of H-pyrrole nitrogens is 1. The van der Waals surface area contributed by atoms with Crippen molar-refractivity contribution in [2.75, 3.05) is 5.32 Å². The highest BCUT2D eigenvalue weighted by atomic mass is 35.5. The summed E-state index contributed by atoms with van der Waals surface area (Å²) >= 11 is 13.3. The Hall–Kier alpha value is -2.87. The molecule has 0 atom stereocenters. The predicted octanol–water partition coefficient (Wildman–Crippen LogP) is 6.05. The molecule has 9 heteroatoms. The Bertz CT molecular complexity index is 1410. The second-order valence-electron chi connectivity index (χ2n) is 7.38.